The van der Waals surface area contributed by atoms with E-state index in [-0.39, 0.29) is 11.6 Å². The van der Waals surface area contributed by atoms with Crippen LogP contribution in [0.2, 0.25) is 0 Å². The lowest BCUT2D eigenvalue weighted by molar-refractivity contribution is -0.385. The highest BCUT2D eigenvalue weighted by atomic mass is 32.2. The fourth-order valence-corrected chi connectivity index (χ4v) is 2.59. The number of hydrogen-bond acceptors (Lipinski definition) is 6. The van der Waals surface area contributed by atoms with E-state index in [0.717, 1.165) is 26.2 Å². The van der Waals surface area contributed by atoms with Crippen LogP contribution in [0.25, 0.3) is 0 Å². The van der Waals surface area contributed by atoms with Crippen molar-refractivity contribution in [2.45, 2.75) is 5.03 Å². The molecule has 1 amide bonds. The van der Waals surface area contributed by atoms with Crippen LogP contribution in [0, 0.1) is 10.1 Å². The Labute approximate surface area is 121 Å². The van der Waals surface area contributed by atoms with Crippen molar-refractivity contribution in [2.24, 2.45) is 0 Å². The zero-order chi connectivity index (χ0) is 14.5. The van der Waals surface area contributed by atoms with Crippen LogP contribution in [-0.4, -0.2) is 64.6 Å². The maximum atomic E-state index is 12.0. The van der Waals surface area contributed by atoms with E-state index in [4.69, 9.17) is 0 Å². The molecule has 0 aliphatic carbocycles. The van der Waals surface area contributed by atoms with Crippen LogP contribution in [0.5, 0.6) is 0 Å². The van der Waals surface area contributed by atoms with Gasteiger partial charge in [0.15, 0.2) is 0 Å². The molecule has 0 saturated carbocycles. The molecule has 0 spiro atoms. The van der Waals surface area contributed by atoms with Gasteiger partial charge in [0.25, 0.3) is 5.69 Å². The Kier molecular flexibility index (Phi) is 4.91. The summed E-state index contributed by atoms with van der Waals surface area (Å²) in [7, 11) is 2.04. The molecule has 0 atom stereocenters. The number of pyridine rings is 1. The van der Waals surface area contributed by atoms with Gasteiger partial charge in [-0.2, -0.15) is 0 Å². The van der Waals surface area contributed by atoms with Crippen molar-refractivity contribution in [3.05, 3.63) is 28.4 Å². The summed E-state index contributed by atoms with van der Waals surface area (Å²) in [5.41, 5.74) is -0.0419. The molecule has 1 fully saturated rings. The zero-order valence-electron chi connectivity index (χ0n) is 11.2. The Hall–Kier alpha value is -1.67. The van der Waals surface area contributed by atoms with E-state index < -0.39 is 4.92 Å². The molecule has 1 saturated heterocycles. The number of nitro groups is 1. The van der Waals surface area contributed by atoms with Gasteiger partial charge in [0.1, 0.15) is 6.20 Å². The van der Waals surface area contributed by atoms with E-state index in [1.165, 1.54) is 24.0 Å². The minimum atomic E-state index is -0.489. The largest absolute Gasteiger partial charge is 0.339 e. The molecule has 108 valence electrons. The van der Waals surface area contributed by atoms with Crippen LogP contribution in [0.15, 0.2) is 23.4 Å². The number of hydrogen-bond donors (Lipinski definition) is 0. The number of nitrogens with zero attached hydrogens (tertiary/aromatic N) is 4. The molecule has 1 aliphatic heterocycles. The van der Waals surface area contributed by atoms with Gasteiger partial charge in [0.05, 0.1) is 15.7 Å². The van der Waals surface area contributed by atoms with E-state index in [0.29, 0.717) is 10.8 Å². The van der Waals surface area contributed by atoms with E-state index in [9.17, 15) is 14.9 Å². The van der Waals surface area contributed by atoms with Crippen molar-refractivity contribution in [1.82, 2.24) is 14.8 Å². The Morgan fingerprint density at radius 1 is 1.40 bits per heavy atom. The van der Waals surface area contributed by atoms with Gasteiger partial charge in [-0.1, -0.05) is 11.8 Å². The van der Waals surface area contributed by atoms with Gasteiger partial charge in [0, 0.05) is 32.2 Å². The molecule has 0 aromatic carbocycles. The molecule has 2 rings (SSSR count). The standard InChI is InChI=1S/C12H16N4O3S/c1-14-4-6-15(7-5-14)12(17)9-20-11-3-2-10(8-13-11)16(18)19/h2-3,8H,4-7,9H2,1H3. The van der Waals surface area contributed by atoms with Crippen molar-refractivity contribution in [2.75, 3.05) is 39.0 Å². The molecule has 20 heavy (non-hydrogen) atoms. The van der Waals surface area contributed by atoms with Crippen LogP contribution in [0.3, 0.4) is 0 Å². The lowest BCUT2D eigenvalue weighted by Crippen LogP contribution is -2.47. The first-order valence-corrected chi connectivity index (χ1v) is 7.24. The predicted octanol–water partition coefficient (Wildman–Crippen LogP) is 0.856. The number of thioether (sulfide) groups is 1. The molecule has 0 radical (unpaired) electrons. The summed E-state index contributed by atoms with van der Waals surface area (Å²) in [4.78, 5) is 30.0. The summed E-state index contributed by atoms with van der Waals surface area (Å²) in [6.45, 7) is 3.30. The molecular weight excluding hydrogens is 280 g/mol. The first-order chi connectivity index (χ1) is 9.56. The minimum Gasteiger partial charge on any atom is -0.339 e. The molecular formula is C12H16N4O3S. The third-order valence-electron chi connectivity index (χ3n) is 3.13. The van der Waals surface area contributed by atoms with Gasteiger partial charge in [-0.15, -0.1) is 0 Å². The summed E-state index contributed by atoms with van der Waals surface area (Å²) >= 11 is 1.30. The summed E-state index contributed by atoms with van der Waals surface area (Å²) < 4.78 is 0. The summed E-state index contributed by atoms with van der Waals surface area (Å²) in [6, 6.07) is 2.97. The number of carbonyl (C=O) groups is 1. The Morgan fingerprint density at radius 2 is 2.10 bits per heavy atom. The van der Waals surface area contributed by atoms with Gasteiger partial charge >= 0.3 is 0 Å². The zero-order valence-corrected chi connectivity index (χ0v) is 12.0. The third kappa shape index (κ3) is 3.91. The lowest BCUT2D eigenvalue weighted by atomic mass is 10.3. The van der Waals surface area contributed by atoms with Crippen LogP contribution < -0.4 is 0 Å². The highest BCUT2D eigenvalue weighted by Crippen LogP contribution is 2.18. The second-order valence-corrected chi connectivity index (χ2v) is 5.58. The molecule has 0 bridgehead atoms. The van der Waals surface area contributed by atoms with Gasteiger partial charge in [-0.05, 0) is 13.1 Å². The van der Waals surface area contributed by atoms with E-state index >= 15 is 0 Å². The summed E-state index contributed by atoms with van der Waals surface area (Å²) in [6.07, 6.45) is 1.21. The molecule has 1 aromatic rings. The van der Waals surface area contributed by atoms with Gasteiger partial charge in [0.2, 0.25) is 5.91 Å². The van der Waals surface area contributed by atoms with E-state index in [2.05, 4.69) is 9.88 Å². The third-order valence-corrected chi connectivity index (χ3v) is 4.06. The van der Waals surface area contributed by atoms with Crippen molar-refractivity contribution >= 4 is 23.4 Å². The smallest absolute Gasteiger partial charge is 0.287 e. The lowest BCUT2D eigenvalue weighted by Gasteiger charge is -2.32. The van der Waals surface area contributed by atoms with Crippen molar-refractivity contribution < 1.29 is 9.72 Å². The van der Waals surface area contributed by atoms with Crippen LogP contribution in [0.4, 0.5) is 5.69 Å². The molecule has 1 aliphatic rings. The van der Waals surface area contributed by atoms with E-state index in [1.54, 1.807) is 6.07 Å². The molecule has 1 aromatic heterocycles. The molecule has 0 N–H and O–H groups in total. The number of rotatable bonds is 4. The Bertz CT molecular complexity index is 486. The van der Waals surface area contributed by atoms with Crippen molar-refractivity contribution in [3.8, 4) is 0 Å². The summed E-state index contributed by atoms with van der Waals surface area (Å²) in [5.74, 6) is 0.400. The molecule has 7 nitrogen and oxygen atoms in total. The molecule has 2 heterocycles. The van der Waals surface area contributed by atoms with E-state index in [1.807, 2.05) is 11.9 Å². The molecule has 0 unspecified atom stereocenters. The summed E-state index contributed by atoms with van der Waals surface area (Å²) in [5, 5.41) is 11.1. The monoisotopic (exact) mass is 296 g/mol. The van der Waals surface area contributed by atoms with Gasteiger partial charge in [-0.25, -0.2) is 4.98 Å². The number of piperazine rings is 1. The maximum absolute atomic E-state index is 12.0. The Morgan fingerprint density at radius 3 is 2.65 bits per heavy atom. The van der Waals surface area contributed by atoms with Crippen molar-refractivity contribution in [3.63, 3.8) is 0 Å². The van der Waals surface area contributed by atoms with Crippen LogP contribution in [0.1, 0.15) is 0 Å². The predicted molar refractivity (Wildman–Crippen MR) is 75.7 cm³/mol. The maximum Gasteiger partial charge on any atom is 0.287 e. The number of likely N-dealkylation sites (N-methyl/N-ethyl adjacent to an activating group) is 1. The molecule has 8 heteroatoms. The van der Waals surface area contributed by atoms with Gasteiger partial charge in [-0.3, -0.25) is 14.9 Å². The topological polar surface area (TPSA) is 79.6 Å². The highest BCUT2D eigenvalue weighted by Gasteiger charge is 2.19. The fraction of sp³-hybridized carbons (Fsp3) is 0.500. The number of amides is 1. The second kappa shape index (κ2) is 6.67. The second-order valence-electron chi connectivity index (χ2n) is 4.58. The first-order valence-electron chi connectivity index (χ1n) is 6.26. The number of carbonyl (C=O) groups excluding carboxylic acids is 1. The van der Waals surface area contributed by atoms with Crippen LogP contribution in [-0.2, 0) is 4.79 Å². The SMILES string of the molecule is CN1CCN(C(=O)CSc2ccc([N+](=O)[O-])cn2)CC1. The average molecular weight is 296 g/mol. The fourth-order valence-electron chi connectivity index (χ4n) is 1.85. The number of aromatic nitrogens is 1. The van der Waals surface area contributed by atoms with Gasteiger partial charge < -0.3 is 9.80 Å². The first kappa shape index (κ1) is 14.7. The van der Waals surface area contributed by atoms with Crippen molar-refractivity contribution in [1.29, 1.82) is 0 Å². The Balaban J connectivity index is 1.82. The quantitative estimate of drug-likeness (QED) is 0.466. The van der Waals surface area contributed by atoms with Crippen LogP contribution >= 0.6 is 11.8 Å². The highest BCUT2D eigenvalue weighted by molar-refractivity contribution is 7.99. The average Bonchev–Trinajstić information content (AvgIpc) is 2.46. The minimum absolute atomic E-state index is 0.0419. The normalized spacial score (nSPS) is 16.1.